The van der Waals surface area contributed by atoms with Gasteiger partial charge in [-0.15, -0.1) is 0 Å². The number of aromatic nitrogens is 1. The summed E-state index contributed by atoms with van der Waals surface area (Å²) in [5.41, 5.74) is 0.00152. The molecule has 0 saturated carbocycles. The first kappa shape index (κ1) is 16.7. The van der Waals surface area contributed by atoms with E-state index >= 15 is 0 Å². The second kappa shape index (κ2) is 6.80. The molecule has 1 aliphatic heterocycles. The van der Waals surface area contributed by atoms with Gasteiger partial charge in [-0.1, -0.05) is 0 Å². The van der Waals surface area contributed by atoms with Crippen LogP contribution in [-0.2, 0) is 14.9 Å². The highest BCUT2D eigenvalue weighted by Gasteiger charge is 2.26. The second-order valence-corrected chi connectivity index (χ2v) is 7.02. The molecule has 0 atom stereocenters. The maximum absolute atomic E-state index is 13.5. The highest BCUT2D eigenvalue weighted by Crippen LogP contribution is 2.19. The van der Waals surface area contributed by atoms with E-state index in [0.717, 1.165) is 4.31 Å². The summed E-state index contributed by atoms with van der Waals surface area (Å²) < 4.78 is 46.6. The zero-order chi connectivity index (χ0) is 17.2. The average Bonchev–Trinajstić information content (AvgIpc) is 2.83. The molecular formula is C15H16FN3O4S. The summed E-state index contributed by atoms with van der Waals surface area (Å²) in [5, 5.41) is 0.849. The maximum Gasteiger partial charge on any atom is 0.304 e. The Morgan fingerprint density at radius 3 is 2.92 bits per heavy atom. The van der Waals surface area contributed by atoms with Gasteiger partial charge >= 0.3 is 10.2 Å². The molecule has 0 bridgehead atoms. The Hall–Kier alpha value is -2.10. The number of rotatable bonds is 3. The summed E-state index contributed by atoms with van der Waals surface area (Å²) in [5.74, 6) is -1.36. The van der Waals surface area contributed by atoms with Gasteiger partial charge < -0.3 is 4.74 Å². The quantitative estimate of drug-likeness (QED) is 0.892. The number of benzene rings is 1. The fourth-order valence-corrected chi connectivity index (χ4v) is 3.67. The average molecular weight is 353 g/mol. The molecule has 0 radical (unpaired) electrons. The normalized spacial score (nSPS) is 16.7. The highest BCUT2D eigenvalue weighted by atomic mass is 32.2. The van der Waals surface area contributed by atoms with Crippen LogP contribution in [0.3, 0.4) is 0 Å². The minimum Gasteiger partial charge on any atom is -0.380 e. The SMILES string of the molecule is O=C(NS(=O)(=O)N1CCCOCC1)c1cncc2ccc(F)cc12. The van der Waals surface area contributed by atoms with Crippen LogP contribution in [0, 0.1) is 5.82 Å². The van der Waals surface area contributed by atoms with Crippen LogP contribution in [0.5, 0.6) is 0 Å². The number of nitrogens with zero attached hydrogens (tertiary/aromatic N) is 2. The van der Waals surface area contributed by atoms with E-state index in [1.807, 2.05) is 4.72 Å². The first-order chi connectivity index (χ1) is 11.5. The molecule has 9 heteroatoms. The molecule has 1 fully saturated rings. The van der Waals surface area contributed by atoms with Gasteiger partial charge in [0.1, 0.15) is 5.82 Å². The van der Waals surface area contributed by atoms with E-state index in [-0.39, 0.29) is 25.3 Å². The largest absolute Gasteiger partial charge is 0.380 e. The number of fused-ring (bicyclic) bond motifs is 1. The number of halogens is 1. The minimum atomic E-state index is -4.00. The van der Waals surface area contributed by atoms with E-state index in [1.165, 1.54) is 30.6 Å². The Morgan fingerprint density at radius 2 is 2.08 bits per heavy atom. The van der Waals surface area contributed by atoms with E-state index in [0.29, 0.717) is 23.8 Å². The van der Waals surface area contributed by atoms with Crippen LogP contribution in [-0.4, -0.2) is 49.9 Å². The summed E-state index contributed by atoms with van der Waals surface area (Å²) >= 11 is 0. The smallest absolute Gasteiger partial charge is 0.304 e. The third-order valence-electron chi connectivity index (χ3n) is 3.71. The molecule has 1 aromatic heterocycles. The van der Waals surface area contributed by atoms with Gasteiger partial charge in [-0.3, -0.25) is 9.78 Å². The van der Waals surface area contributed by atoms with Gasteiger partial charge in [0.2, 0.25) is 0 Å². The van der Waals surface area contributed by atoms with Crippen molar-refractivity contribution in [3.8, 4) is 0 Å². The van der Waals surface area contributed by atoms with E-state index in [4.69, 9.17) is 4.74 Å². The Labute approximate surface area is 138 Å². The van der Waals surface area contributed by atoms with Crippen molar-refractivity contribution in [1.29, 1.82) is 0 Å². The van der Waals surface area contributed by atoms with Crippen LogP contribution in [0.2, 0.25) is 0 Å². The Bertz CT molecular complexity index is 864. The van der Waals surface area contributed by atoms with Gasteiger partial charge in [0.15, 0.2) is 0 Å². The van der Waals surface area contributed by atoms with E-state index in [2.05, 4.69) is 4.98 Å². The molecule has 128 valence electrons. The standard InChI is InChI=1S/C15H16FN3O4S/c16-12-3-2-11-9-17-10-14(13(11)8-12)15(20)18-24(21,22)19-4-1-6-23-7-5-19/h2-3,8-10H,1,4-7H2,(H,18,20). The van der Waals surface area contributed by atoms with Crippen LogP contribution in [0.15, 0.2) is 30.6 Å². The van der Waals surface area contributed by atoms with Gasteiger partial charge in [0, 0.05) is 42.9 Å². The zero-order valence-electron chi connectivity index (χ0n) is 12.7. The van der Waals surface area contributed by atoms with Crippen LogP contribution >= 0.6 is 0 Å². The Morgan fingerprint density at radius 1 is 1.25 bits per heavy atom. The number of ether oxygens (including phenoxy) is 1. The van der Waals surface area contributed by atoms with Crippen molar-refractivity contribution in [1.82, 2.24) is 14.0 Å². The summed E-state index contributed by atoms with van der Waals surface area (Å²) in [6.45, 7) is 1.19. The molecule has 0 unspecified atom stereocenters. The highest BCUT2D eigenvalue weighted by molar-refractivity contribution is 7.87. The van der Waals surface area contributed by atoms with Crippen molar-refractivity contribution in [2.75, 3.05) is 26.3 Å². The van der Waals surface area contributed by atoms with Gasteiger partial charge in [-0.05, 0) is 24.6 Å². The molecule has 0 spiro atoms. The summed E-state index contributed by atoms with van der Waals surface area (Å²) in [6, 6.07) is 3.91. The predicted octanol–water partition coefficient (Wildman–Crippen LogP) is 1.07. The first-order valence-electron chi connectivity index (χ1n) is 7.40. The molecule has 0 aliphatic carbocycles. The number of amides is 1. The summed E-state index contributed by atoms with van der Waals surface area (Å²) in [4.78, 5) is 16.3. The molecular weight excluding hydrogens is 337 g/mol. The van der Waals surface area contributed by atoms with Crippen LogP contribution in [0.25, 0.3) is 10.8 Å². The number of hydrogen-bond acceptors (Lipinski definition) is 5. The van der Waals surface area contributed by atoms with Crippen LogP contribution < -0.4 is 4.72 Å². The molecule has 1 saturated heterocycles. The van der Waals surface area contributed by atoms with E-state index < -0.39 is 21.9 Å². The fourth-order valence-electron chi connectivity index (χ4n) is 2.52. The Kier molecular flexibility index (Phi) is 4.74. The van der Waals surface area contributed by atoms with Gasteiger partial charge in [0.25, 0.3) is 5.91 Å². The Balaban J connectivity index is 1.88. The number of hydrogen-bond donors (Lipinski definition) is 1. The lowest BCUT2D eigenvalue weighted by Gasteiger charge is -2.19. The third kappa shape index (κ3) is 3.53. The first-order valence-corrected chi connectivity index (χ1v) is 8.84. The molecule has 1 aliphatic rings. The van der Waals surface area contributed by atoms with Crippen molar-refractivity contribution in [3.63, 3.8) is 0 Å². The summed E-state index contributed by atoms with van der Waals surface area (Å²) in [7, 11) is -4.00. The molecule has 7 nitrogen and oxygen atoms in total. The molecule has 1 amide bonds. The predicted molar refractivity (Wildman–Crippen MR) is 85.1 cm³/mol. The number of nitrogens with one attached hydrogen (secondary N) is 1. The van der Waals surface area contributed by atoms with E-state index in [9.17, 15) is 17.6 Å². The maximum atomic E-state index is 13.5. The van der Waals surface area contributed by atoms with Crippen molar-refractivity contribution >= 4 is 26.9 Å². The van der Waals surface area contributed by atoms with Crippen LogP contribution in [0.1, 0.15) is 16.8 Å². The lowest BCUT2D eigenvalue weighted by molar-refractivity contribution is 0.0980. The monoisotopic (exact) mass is 353 g/mol. The van der Waals surface area contributed by atoms with Gasteiger partial charge in [-0.25, -0.2) is 9.11 Å². The molecule has 2 heterocycles. The summed E-state index contributed by atoms with van der Waals surface area (Å²) in [6.07, 6.45) is 3.25. The topological polar surface area (TPSA) is 88.6 Å². The van der Waals surface area contributed by atoms with Crippen molar-refractivity contribution in [2.24, 2.45) is 0 Å². The zero-order valence-corrected chi connectivity index (χ0v) is 13.6. The van der Waals surface area contributed by atoms with Crippen LogP contribution in [0.4, 0.5) is 4.39 Å². The molecule has 1 aromatic carbocycles. The van der Waals surface area contributed by atoms with Gasteiger partial charge in [0.05, 0.1) is 12.2 Å². The fraction of sp³-hybridized carbons (Fsp3) is 0.333. The molecule has 2 aromatic rings. The van der Waals surface area contributed by atoms with Crippen molar-refractivity contribution in [2.45, 2.75) is 6.42 Å². The number of pyridine rings is 1. The van der Waals surface area contributed by atoms with Crippen molar-refractivity contribution in [3.05, 3.63) is 42.0 Å². The molecule has 1 N–H and O–H groups in total. The minimum absolute atomic E-state index is 0.00152. The van der Waals surface area contributed by atoms with E-state index in [1.54, 1.807) is 0 Å². The van der Waals surface area contributed by atoms with Crippen molar-refractivity contribution < 1.29 is 22.3 Å². The lowest BCUT2D eigenvalue weighted by atomic mass is 10.1. The third-order valence-corrected chi connectivity index (χ3v) is 5.20. The second-order valence-electron chi connectivity index (χ2n) is 5.35. The molecule has 24 heavy (non-hydrogen) atoms. The lowest BCUT2D eigenvalue weighted by Crippen LogP contribution is -2.44. The van der Waals surface area contributed by atoms with Gasteiger partial charge in [-0.2, -0.15) is 12.7 Å². The molecule has 3 rings (SSSR count). The number of carbonyl (C=O) groups excluding carboxylic acids is 1. The number of carbonyl (C=O) groups is 1.